The second kappa shape index (κ2) is 1.19. The lowest BCUT2D eigenvalue weighted by atomic mass is 10.00. The Morgan fingerprint density at radius 2 is 2.10 bits per heavy atom. The predicted octanol–water partition coefficient (Wildman–Crippen LogP) is 1.91. The topological polar surface area (TPSA) is 17.1 Å². The summed E-state index contributed by atoms with van der Waals surface area (Å²) in [6.45, 7) is 0. The van der Waals surface area contributed by atoms with Crippen molar-refractivity contribution in [3.05, 3.63) is 0 Å². The molecular weight excluding hydrogens is 124 g/mol. The molecule has 0 aromatic heterocycles. The summed E-state index contributed by atoms with van der Waals surface area (Å²) in [5.74, 6) is 0.602. The van der Waals surface area contributed by atoms with Crippen LogP contribution in [0.4, 0.5) is 0 Å². The Kier molecular flexibility index (Phi) is 0.637. The van der Waals surface area contributed by atoms with E-state index in [9.17, 15) is 4.79 Å². The fraction of sp³-hybridized carbons (Fsp3) is 0.889. The minimum absolute atomic E-state index is 0.271. The first-order chi connectivity index (χ1) is 4.79. The third kappa shape index (κ3) is 0.320. The Bertz CT molecular complexity index is 213. The molecule has 1 heteroatoms. The van der Waals surface area contributed by atoms with Crippen LogP contribution in [0.5, 0.6) is 0 Å². The van der Waals surface area contributed by atoms with Gasteiger partial charge in [0.25, 0.3) is 0 Å². The molecule has 3 aliphatic carbocycles. The SMILES string of the molecule is O=C1CC[C@]23CCC[C@]12C3. The third-order valence-electron chi connectivity index (χ3n) is 4.15. The van der Waals surface area contributed by atoms with Crippen molar-refractivity contribution in [2.45, 2.75) is 38.5 Å². The van der Waals surface area contributed by atoms with Crippen LogP contribution in [-0.4, -0.2) is 5.78 Å². The molecule has 0 amide bonds. The van der Waals surface area contributed by atoms with Crippen molar-refractivity contribution in [1.82, 2.24) is 0 Å². The van der Waals surface area contributed by atoms with Gasteiger partial charge in [-0.2, -0.15) is 0 Å². The van der Waals surface area contributed by atoms with Gasteiger partial charge in [-0.05, 0) is 31.1 Å². The lowest BCUT2D eigenvalue weighted by molar-refractivity contribution is -0.122. The molecule has 3 aliphatic rings. The number of ketones is 1. The Morgan fingerprint density at radius 3 is 2.80 bits per heavy atom. The molecule has 10 heavy (non-hydrogen) atoms. The highest BCUT2D eigenvalue weighted by Gasteiger charge is 2.75. The molecule has 0 aliphatic heterocycles. The minimum Gasteiger partial charge on any atom is -0.299 e. The second-order valence-corrected chi connectivity index (χ2v) is 4.32. The zero-order chi connectivity index (χ0) is 6.82. The fourth-order valence-corrected chi connectivity index (χ4v) is 3.52. The molecule has 3 rings (SSSR count). The van der Waals surface area contributed by atoms with Crippen molar-refractivity contribution < 1.29 is 4.79 Å². The molecule has 1 nitrogen and oxygen atoms in total. The quantitative estimate of drug-likeness (QED) is 0.497. The van der Waals surface area contributed by atoms with E-state index >= 15 is 0 Å². The Labute approximate surface area is 60.8 Å². The van der Waals surface area contributed by atoms with E-state index in [1.54, 1.807) is 0 Å². The van der Waals surface area contributed by atoms with Crippen LogP contribution in [0.3, 0.4) is 0 Å². The van der Waals surface area contributed by atoms with Crippen LogP contribution in [0.2, 0.25) is 0 Å². The molecule has 54 valence electrons. The first kappa shape index (κ1) is 5.34. The van der Waals surface area contributed by atoms with Crippen molar-refractivity contribution >= 4 is 5.78 Å². The highest BCUT2D eigenvalue weighted by Crippen LogP contribution is 2.79. The zero-order valence-corrected chi connectivity index (χ0v) is 6.15. The van der Waals surface area contributed by atoms with Crippen LogP contribution in [0.1, 0.15) is 38.5 Å². The standard InChI is InChI=1S/C9H12O/c10-7-2-5-8-3-1-4-9(7,8)6-8/h1-6H2/t8-,9-/m0/s1. The van der Waals surface area contributed by atoms with Crippen molar-refractivity contribution in [1.29, 1.82) is 0 Å². The van der Waals surface area contributed by atoms with E-state index in [0.717, 1.165) is 6.42 Å². The maximum atomic E-state index is 11.4. The first-order valence-electron chi connectivity index (χ1n) is 4.33. The van der Waals surface area contributed by atoms with E-state index in [1.807, 2.05) is 0 Å². The lowest BCUT2D eigenvalue weighted by Gasteiger charge is -2.04. The van der Waals surface area contributed by atoms with Gasteiger partial charge in [-0.3, -0.25) is 4.79 Å². The summed E-state index contributed by atoms with van der Waals surface area (Å²) in [5.41, 5.74) is 0.844. The average Bonchev–Trinajstić information content (AvgIpc) is 2.36. The molecule has 0 radical (unpaired) electrons. The number of hydrogen-bond donors (Lipinski definition) is 0. The van der Waals surface area contributed by atoms with Crippen molar-refractivity contribution in [2.24, 2.45) is 10.8 Å². The number of Topliss-reactive ketones (excluding diaryl/α,β-unsaturated/α-hetero) is 1. The largest absolute Gasteiger partial charge is 0.299 e. The van der Waals surface area contributed by atoms with E-state index in [-0.39, 0.29) is 5.41 Å². The van der Waals surface area contributed by atoms with Gasteiger partial charge >= 0.3 is 0 Å². The highest BCUT2D eigenvalue weighted by atomic mass is 16.1. The number of carbonyl (C=O) groups is 1. The summed E-state index contributed by atoms with van der Waals surface area (Å²) in [6, 6.07) is 0. The summed E-state index contributed by atoms with van der Waals surface area (Å²) < 4.78 is 0. The summed E-state index contributed by atoms with van der Waals surface area (Å²) in [6.07, 6.45) is 7.31. The maximum absolute atomic E-state index is 11.4. The molecule has 2 atom stereocenters. The van der Waals surface area contributed by atoms with Crippen molar-refractivity contribution in [2.75, 3.05) is 0 Å². The summed E-state index contributed by atoms with van der Waals surface area (Å²) in [7, 11) is 0. The van der Waals surface area contributed by atoms with Crippen LogP contribution in [0.25, 0.3) is 0 Å². The molecular formula is C9H12O. The van der Waals surface area contributed by atoms with E-state index in [1.165, 1.54) is 32.1 Å². The van der Waals surface area contributed by atoms with Crippen molar-refractivity contribution in [3.63, 3.8) is 0 Å². The molecule has 0 spiro atoms. The van der Waals surface area contributed by atoms with Gasteiger partial charge in [0.15, 0.2) is 0 Å². The van der Waals surface area contributed by atoms with Gasteiger partial charge in [0, 0.05) is 11.8 Å². The van der Waals surface area contributed by atoms with E-state index < -0.39 is 0 Å². The van der Waals surface area contributed by atoms with Gasteiger partial charge < -0.3 is 0 Å². The van der Waals surface area contributed by atoms with Crippen molar-refractivity contribution in [3.8, 4) is 0 Å². The molecule has 0 unspecified atom stereocenters. The molecule has 0 aromatic rings. The molecule has 0 N–H and O–H groups in total. The average molecular weight is 136 g/mol. The highest BCUT2D eigenvalue weighted by molar-refractivity contribution is 5.92. The Morgan fingerprint density at radius 1 is 1.20 bits per heavy atom. The Hall–Kier alpha value is -0.330. The number of hydrogen-bond acceptors (Lipinski definition) is 1. The normalized spacial score (nSPS) is 56.6. The summed E-state index contributed by atoms with van der Waals surface area (Å²) >= 11 is 0. The van der Waals surface area contributed by atoms with Crippen LogP contribution in [0.15, 0.2) is 0 Å². The van der Waals surface area contributed by atoms with Gasteiger partial charge in [-0.25, -0.2) is 0 Å². The van der Waals surface area contributed by atoms with Crippen LogP contribution >= 0.6 is 0 Å². The van der Waals surface area contributed by atoms with Gasteiger partial charge in [0.05, 0.1) is 0 Å². The number of rotatable bonds is 0. The monoisotopic (exact) mass is 136 g/mol. The number of carbonyl (C=O) groups excluding carboxylic acids is 1. The third-order valence-corrected chi connectivity index (χ3v) is 4.15. The van der Waals surface area contributed by atoms with Gasteiger partial charge in [0.1, 0.15) is 5.78 Å². The second-order valence-electron chi connectivity index (χ2n) is 4.32. The summed E-state index contributed by atoms with van der Waals surface area (Å²) in [5, 5.41) is 0. The van der Waals surface area contributed by atoms with Crippen LogP contribution in [0, 0.1) is 10.8 Å². The van der Waals surface area contributed by atoms with Crippen LogP contribution < -0.4 is 0 Å². The van der Waals surface area contributed by atoms with Gasteiger partial charge in [0.2, 0.25) is 0 Å². The molecule has 0 bridgehead atoms. The smallest absolute Gasteiger partial charge is 0.139 e. The molecule has 0 saturated heterocycles. The zero-order valence-electron chi connectivity index (χ0n) is 6.15. The van der Waals surface area contributed by atoms with E-state index in [2.05, 4.69) is 0 Å². The molecule has 0 heterocycles. The van der Waals surface area contributed by atoms with Gasteiger partial charge in [-0.1, -0.05) is 6.42 Å². The van der Waals surface area contributed by atoms with Crippen LogP contribution in [-0.2, 0) is 4.79 Å². The molecule has 0 aromatic carbocycles. The Balaban J connectivity index is 2.11. The summed E-state index contributed by atoms with van der Waals surface area (Å²) in [4.78, 5) is 11.4. The predicted molar refractivity (Wildman–Crippen MR) is 37.6 cm³/mol. The minimum atomic E-state index is 0.271. The lowest BCUT2D eigenvalue weighted by Crippen LogP contribution is -2.09. The molecule has 3 fully saturated rings. The molecule has 3 saturated carbocycles. The first-order valence-corrected chi connectivity index (χ1v) is 4.33. The van der Waals surface area contributed by atoms with E-state index in [0.29, 0.717) is 11.2 Å². The van der Waals surface area contributed by atoms with Gasteiger partial charge in [-0.15, -0.1) is 0 Å². The fourth-order valence-electron chi connectivity index (χ4n) is 3.52. The van der Waals surface area contributed by atoms with E-state index in [4.69, 9.17) is 0 Å². The maximum Gasteiger partial charge on any atom is 0.139 e.